The van der Waals surface area contributed by atoms with E-state index in [0.717, 1.165) is 18.8 Å². The van der Waals surface area contributed by atoms with E-state index in [1.807, 2.05) is 0 Å². The molecule has 0 saturated heterocycles. The van der Waals surface area contributed by atoms with E-state index in [1.54, 1.807) is 0 Å². The van der Waals surface area contributed by atoms with E-state index in [4.69, 9.17) is 0 Å². The Morgan fingerprint density at radius 1 is 1.55 bits per heavy atom. The predicted octanol–water partition coefficient (Wildman–Crippen LogP) is 2.57. The van der Waals surface area contributed by atoms with Crippen LogP contribution < -0.4 is 0 Å². The summed E-state index contributed by atoms with van der Waals surface area (Å²) in [4.78, 5) is 11.2. The molecule has 0 aliphatic heterocycles. The molecule has 1 aliphatic carbocycles. The van der Waals surface area contributed by atoms with Crippen molar-refractivity contribution >= 4 is 5.78 Å². The molecule has 62 valence electrons. The lowest BCUT2D eigenvalue weighted by molar-refractivity contribution is -0.119. The van der Waals surface area contributed by atoms with Gasteiger partial charge >= 0.3 is 0 Å². The lowest BCUT2D eigenvalue weighted by atomic mass is 9.80. The zero-order valence-corrected chi connectivity index (χ0v) is 7.18. The van der Waals surface area contributed by atoms with Gasteiger partial charge in [0.2, 0.25) is 0 Å². The van der Waals surface area contributed by atoms with E-state index in [0.29, 0.717) is 0 Å². The molecule has 0 bridgehead atoms. The second-order valence-corrected chi connectivity index (χ2v) is 3.58. The number of ketones is 1. The van der Waals surface area contributed by atoms with Crippen LogP contribution >= 0.6 is 0 Å². The summed E-state index contributed by atoms with van der Waals surface area (Å²) in [7, 11) is 0. The van der Waals surface area contributed by atoms with E-state index in [-0.39, 0.29) is 11.7 Å². The van der Waals surface area contributed by atoms with Crippen molar-refractivity contribution in [3.63, 3.8) is 0 Å². The van der Waals surface area contributed by atoms with Crippen LogP contribution in [0.15, 0.2) is 12.7 Å². The fraction of sp³-hybridized carbons (Fsp3) is 0.700. The standard InChI is InChI=1S/C10H16O/c1-3-10(11)9-6-4-5-8(2)7-9/h3,8-9H,1,4-7H2,2H3. The van der Waals surface area contributed by atoms with Gasteiger partial charge in [0.15, 0.2) is 5.78 Å². The topological polar surface area (TPSA) is 17.1 Å². The molecular formula is C10H16O. The van der Waals surface area contributed by atoms with Crippen LogP contribution in [-0.4, -0.2) is 5.78 Å². The van der Waals surface area contributed by atoms with Gasteiger partial charge in [-0.25, -0.2) is 0 Å². The molecule has 1 heteroatoms. The van der Waals surface area contributed by atoms with Gasteiger partial charge in [-0.05, 0) is 24.8 Å². The van der Waals surface area contributed by atoms with Crippen molar-refractivity contribution in [3.8, 4) is 0 Å². The molecule has 0 amide bonds. The Morgan fingerprint density at radius 2 is 2.27 bits per heavy atom. The molecule has 1 saturated carbocycles. The average molecular weight is 152 g/mol. The maximum atomic E-state index is 11.2. The molecule has 11 heavy (non-hydrogen) atoms. The minimum absolute atomic E-state index is 0.247. The van der Waals surface area contributed by atoms with E-state index in [2.05, 4.69) is 13.5 Å². The van der Waals surface area contributed by atoms with Gasteiger partial charge in [0.25, 0.3) is 0 Å². The zero-order valence-electron chi connectivity index (χ0n) is 7.18. The van der Waals surface area contributed by atoms with Crippen LogP contribution in [0.2, 0.25) is 0 Å². The first-order valence-electron chi connectivity index (χ1n) is 4.40. The Balaban J connectivity index is 2.45. The maximum Gasteiger partial charge on any atom is 0.158 e. The molecule has 1 aliphatic rings. The van der Waals surface area contributed by atoms with E-state index in [1.165, 1.54) is 18.9 Å². The Bertz CT molecular complexity index is 160. The van der Waals surface area contributed by atoms with Gasteiger partial charge in [0.1, 0.15) is 0 Å². The van der Waals surface area contributed by atoms with Gasteiger partial charge in [-0.2, -0.15) is 0 Å². The predicted molar refractivity (Wildman–Crippen MR) is 46.3 cm³/mol. The lowest BCUT2D eigenvalue weighted by Crippen LogP contribution is -2.19. The minimum Gasteiger partial charge on any atom is -0.295 e. The molecule has 0 aromatic rings. The highest BCUT2D eigenvalue weighted by Gasteiger charge is 2.22. The van der Waals surface area contributed by atoms with E-state index < -0.39 is 0 Å². The largest absolute Gasteiger partial charge is 0.295 e. The quantitative estimate of drug-likeness (QED) is 0.556. The average Bonchev–Trinajstić information content (AvgIpc) is 2.03. The molecule has 2 unspecified atom stereocenters. The third-order valence-electron chi connectivity index (χ3n) is 2.54. The maximum absolute atomic E-state index is 11.2. The molecule has 1 nitrogen and oxygen atoms in total. The van der Waals surface area contributed by atoms with Crippen molar-refractivity contribution in [2.75, 3.05) is 0 Å². The van der Waals surface area contributed by atoms with Crippen LogP contribution in [0.5, 0.6) is 0 Å². The first-order valence-corrected chi connectivity index (χ1v) is 4.40. The summed E-state index contributed by atoms with van der Waals surface area (Å²) in [5.74, 6) is 1.27. The number of carbonyl (C=O) groups is 1. The Morgan fingerprint density at radius 3 is 2.82 bits per heavy atom. The zero-order chi connectivity index (χ0) is 8.27. The fourth-order valence-corrected chi connectivity index (χ4v) is 1.86. The van der Waals surface area contributed by atoms with E-state index in [9.17, 15) is 4.79 Å². The highest BCUT2D eigenvalue weighted by atomic mass is 16.1. The van der Waals surface area contributed by atoms with E-state index >= 15 is 0 Å². The van der Waals surface area contributed by atoms with Gasteiger partial charge in [-0.3, -0.25) is 4.79 Å². The molecule has 0 N–H and O–H groups in total. The molecule has 2 atom stereocenters. The Hall–Kier alpha value is -0.590. The molecule has 1 fully saturated rings. The molecular weight excluding hydrogens is 136 g/mol. The molecule has 0 aromatic carbocycles. The molecule has 0 heterocycles. The lowest BCUT2D eigenvalue weighted by Gasteiger charge is -2.24. The van der Waals surface area contributed by atoms with Crippen LogP contribution in [0.4, 0.5) is 0 Å². The van der Waals surface area contributed by atoms with Crippen molar-refractivity contribution in [1.82, 2.24) is 0 Å². The smallest absolute Gasteiger partial charge is 0.158 e. The Kier molecular flexibility index (Phi) is 2.86. The van der Waals surface area contributed by atoms with Gasteiger partial charge in [-0.1, -0.05) is 26.3 Å². The van der Waals surface area contributed by atoms with Crippen LogP contribution in [0.1, 0.15) is 32.6 Å². The number of rotatable bonds is 2. The second-order valence-electron chi connectivity index (χ2n) is 3.58. The van der Waals surface area contributed by atoms with Crippen molar-refractivity contribution < 1.29 is 4.79 Å². The molecule has 0 aromatic heterocycles. The third kappa shape index (κ3) is 2.18. The molecule has 1 rings (SSSR count). The number of carbonyl (C=O) groups excluding carboxylic acids is 1. The summed E-state index contributed by atoms with van der Waals surface area (Å²) in [6.45, 7) is 5.74. The van der Waals surface area contributed by atoms with Crippen LogP contribution in [0.25, 0.3) is 0 Å². The highest BCUT2D eigenvalue weighted by molar-refractivity contribution is 5.91. The second kappa shape index (κ2) is 3.70. The summed E-state index contributed by atoms with van der Waals surface area (Å²) >= 11 is 0. The van der Waals surface area contributed by atoms with Gasteiger partial charge in [0, 0.05) is 5.92 Å². The van der Waals surface area contributed by atoms with Crippen LogP contribution in [0, 0.1) is 11.8 Å². The number of hydrogen-bond acceptors (Lipinski definition) is 1. The van der Waals surface area contributed by atoms with Gasteiger partial charge in [0.05, 0.1) is 0 Å². The minimum atomic E-state index is 0.247. The summed E-state index contributed by atoms with van der Waals surface area (Å²) in [5, 5.41) is 0. The third-order valence-corrected chi connectivity index (χ3v) is 2.54. The number of allylic oxidation sites excluding steroid dienone is 1. The highest BCUT2D eigenvalue weighted by Crippen LogP contribution is 2.29. The van der Waals surface area contributed by atoms with Gasteiger partial charge in [-0.15, -0.1) is 0 Å². The van der Waals surface area contributed by atoms with Gasteiger partial charge < -0.3 is 0 Å². The normalized spacial score (nSPS) is 31.4. The van der Waals surface area contributed by atoms with Crippen LogP contribution in [0.3, 0.4) is 0 Å². The number of hydrogen-bond donors (Lipinski definition) is 0. The molecule has 0 spiro atoms. The molecule has 0 radical (unpaired) electrons. The fourth-order valence-electron chi connectivity index (χ4n) is 1.86. The van der Waals surface area contributed by atoms with Crippen molar-refractivity contribution in [3.05, 3.63) is 12.7 Å². The van der Waals surface area contributed by atoms with Crippen molar-refractivity contribution in [1.29, 1.82) is 0 Å². The van der Waals surface area contributed by atoms with Crippen molar-refractivity contribution in [2.24, 2.45) is 11.8 Å². The monoisotopic (exact) mass is 152 g/mol. The summed E-state index contributed by atoms with van der Waals surface area (Å²) in [5.41, 5.74) is 0. The Labute approximate surface area is 68.5 Å². The SMILES string of the molecule is C=CC(=O)C1CCCC(C)C1. The first-order chi connectivity index (χ1) is 5.24. The summed E-state index contributed by atoms with van der Waals surface area (Å²) in [6, 6.07) is 0. The van der Waals surface area contributed by atoms with Crippen molar-refractivity contribution in [2.45, 2.75) is 32.6 Å². The first kappa shape index (κ1) is 8.51. The van der Waals surface area contributed by atoms with Crippen LogP contribution in [-0.2, 0) is 4.79 Å². The summed E-state index contributed by atoms with van der Waals surface area (Å²) in [6.07, 6.45) is 6.13. The summed E-state index contributed by atoms with van der Waals surface area (Å²) < 4.78 is 0.